The third-order valence-electron chi connectivity index (χ3n) is 6.74. The maximum absolute atomic E-state index is 12.4. The van der Waals surface area contributed by atoms with Crippen molar-refractivity contribution in [2.75, 3.05) is 6.61 Å². The molecular formula is C32H34O6S. The molecule has 2 heterocycles. The lowest BCUT2D eigenvalue weighted by Crippen LogP contribution is -2.60. The summed E-state index contributed by atoms with van der Waals surface area (Å²) in [5.74, 6) is 0.538. The highest BCUT2D eigenvalue weighted by Gasteiger charge is 2.51. The van der Waals surface area contributed by atoms with Gasteiger partial charge in [0, 0.05) is 0 Å². The van der Waals surface area contributed by atoms with Crippen molar-refractivity contribution in [1.82, 2.24) is 0 Å². The van der Waals surface area contributed by atoms with Crippen molar-refractivity contribution in [3.05, 3.63) is 118 Å². The van der Waals surface area contributed by atoms with Crippen LogP contribution in [0.1, 0.15) is 30.5 Å². The lowest BCUT2D eigenvalue weighted by atomic mass is 10.00. The molecule has 3 aromatic carbocycles. The number of thioether (sulfide) groups is 1. The number of hydrogen-bond donors (Lipinski definition) is 0. The summed E-state index contributed by atoms with van der Waals surface area (Å²) >= 11 is 1.46. The van der Waals surface area contributed by atoms with Crippen molar-refractivity contribution in [2.24, 2.45) is 0 Å². The van der Waals surface area contributed by atoms with E-state index >= 15 is 0 Å². The standard InChI is InChI=1S/C32H34O6S/c1-22(33)30-23(2)37-32-31(39-30)29(36-20-26-16-10-5-11-17-26)28(35-19-25-14-8-4-9-15-25)27(38-32)21-34-18-24-12-6-3-7-13-24/h3-17,27-29,31-32H,18-21H2,1-2H3/t27-,28-,29-,31+,32-/m1/s1. The molecule has 0 aromatic heterocycles. The highest BCUT2D eigenvalue weighted by molar-refractivity contribution is 8.04. The summed E-state index contributed by atoms with van der Waals surface area (Å²) in [5.41, 5.74) is 3.19. The Bertz CT molecular complexity index is 1230. The number of rotatable bonds is 11. The largest absolute Gasteiger partial charge is 0.467 e. The van der Waals surface area contributed by atoms with Gasteiger partial charge in [0.2, 0.25) is 6.29 Å². The highest BCUT2D eigenvalue weighted by Crippen LogP contribution is 2.43. The van der Waals surface area contributed by atoms with Gasteiger partial charge in [-0.1, -0.05) is 91.0 Å². The summed E-state index contributed by atoms with van der Waals surface area (Å²) in [5, 5.41) is -0.289. The van der Waals surface area contributed by atoms with Crippen molar-refractivity contribution in [1.29, 1.82) is 0 Å². The van der Waals surface area contributed by atoms with Gasteiger partial charge in [-0.2, -0.15) is 0 Å². The molecule has 5 atom stereocenters. The van der Waals surface area contributed by atoms with Gasteiger partial charge in [-0.05, 0) is 30.5 Å². The Morgan fingerprint density at radius 3 is 1.82 bits per heavy atom. The van der Waals surface area contributed by atoms with E-state index < -0.39 is 24.6 Å². The van der Waals surface area contributed by atoms with Crippen LogP contribution in [0.3, 0.4) is 0 Å². The fraction of sp³-hybridized carbons (Fsp3) is 0.344. The SMILES string of the molecule is CC(=O)C1=C(C)O[C@@H]2O[C@H](COCc3ccccc3)[C@@H](OCc3ccccc3)[C@@H](OCc3ccccc3)[C@@H]2S1. The molecule has 7 heteroatoms. The Balaban J connectivity index is 1.40. The highest BCUT2D eigenvalue weighted by atomic mass is 32.2. The van der Waals surface area contributed by atoms with E-state index in [1.165, 1.54) is 11.8 Å². The number of carbonyl (C=O) groups is 1. The second-order valence-corrected chi connectivity index (χ2v) is 10.9. The summed E-state index contributed by atoms with van der Waals surface area (Å²) < 4.78 is 32.0. The fourth-order valence-corrected chi connectivity index (χ4v) is 6.05. The maximum atomic E-state index is 12.4. The number of carbonyl (C=O) groups excluding carboxylic acids is 1. The van der Waals surface area contributed by atoms with Crippen LogP contribution in [-0.2, 0) is 48.3 Å². The van der Waals surface area contributed by atoms with E-state index in [-0.39, 0.29) is 11.0 Å². The molecule has 2 aliphatic rings. The number of Topliss-reactive ketones (excluding diaryl/α,β-unsaturated/α-hetero) is 1. The number of ether oxygens (including phenoxy) is 5. The number of hydrogen-bond acceptors (Lipinski definition) is 7. The molecule has 1 fully saturated rings. The molecule has 0 bridgehead atoms. The normalized spacial score (nSPS) is 24.6. The third kappa shape index (κ3) is 7.18. The van der Waals surface area contributed by atoms with E-state index in [0.717, 1.165) is 16.7 Å². The molecule has 0 amide bonds. The first-order chi connectivity index (χ1) is 19.1. The Kier molecular flexibility index (Phi) is 9.50. The lowest BCUT2D eigenvalue weighted by molar-refractivity contribution is -0.266. The quantitative estimate of drug-likeness (QED) is 0.290. The van der Waals surface area contributed by atoms with E-state index in [9.17, 15) is 4.79 Å². The monoisotopic (exact) mass is 546 g/mol. The van der Waals surface area contributed by atoms with Crippen LogP contribution in [0.15, 0.2) is 102 Å². The zero-order chi connectivity index (χ0) is 27.0. The van der Waals surface area contributed by atoms with Crippen molar-refractivity contribution < 1.29 is 28.5 Å². The summed E-state index contributed by atoms with van der Waals surface area (Å²) in [4.78, 5) is 13.0. The summed E-state index contributed by atoms with van der Waals surface area (Å²) in [6, 6.07) is 30.1. The van der Waals surface area contributed by atoms with Gasteiger partial charge in [0.15, 0.2) is 5.78 Å². The van der Waals surface area contributed by atoms with Crippen molar-refractivity contribution in [3.63, 3.8) is 0 Å². The van der Waals surface area contributed by atoms with Crippen LogP contribution < -0.4 is 0 Å². The van der Waals surface area contributed by atoms with Crippen LogP contribution in [0.25, 0.3) is 0 Å². The maximum Gasteiger partial charge on any atom is 0.214 e. The molecule has 204 valence electrons. The predicted molar refractivity (Wildman–Crippen MR) is 151 cm³/mol. The van der Waals surface area contributed by atoms with Crippen LogP contribution in [0.4, 0.5) is 0 Å². The molecule has 3 aromatic rings. The molecule has 0 unspecified atom stereocenters. The first kappa shape index (κ1) is 27.6. The fourth-order valence-electron chi connectivity index (χ4n) is 4.80. The Labute approximate surface area is 234 Å². The van der Waals surface area contributed by atoms with Gasteiger partial charge in [-0.3, -0.25) is 4.79 Å². The number of fused-ring (bicyclic) bond motifs is 1. The number of benzene rings is 3. The second kappa shape index (κ2) is 13.4. The van der Waals surface area contributed by atoms with Gasteiger partial charge in [0.25, 0.3) is 0 Å². The topological polar surface area (TPSA) is 63.2 Å². The van der Waals surface area contributed by atoms with Gasteiger partial charge in [0.05, 0.1) is 31.3 Å². The van der Waals surface area contributed by atoms with Crippen LogP contribution in [0, 0.1) is 0 Å². The molecule has 39 heavy (non-hydrogen) atoms. The minimum atomic E-state index is -0.597. The zero-order valence-corrected chi connectivity index (χ0v) is 23.0. The number of ketones is 1. The zero-order valence-electron chi connectivity index (χ0n) is 22.2. The molecule has 0 radical (unpaired) electrons. The molecular weight excluding hydrogens is 512 g/mol. The Hall–Kier alpha value is -2.94. The minimum Gasteiger partial charge on any atom is -0.467 e. The van der Waals surface area contributed by atoms with Gasteiger partial charge < -0.3 is 23.7 Å². The molecule has 0 aliphatic carbocycles. The van der Waals surface area contributed by atoms with Gasteiger partial charge in [-0.25, -0.2) is 0 Å². The third-order valence-corrected chi connectivity index (χ3v) is 8.32. The molecule has 2 aliphatic heterocycles. The van der Waals surface area contributed by atoms with Crippen molar-refractivity contribution in [2.45, 2.75) is 63.5 Å². The predicted octanol–water partition coefficient (Wildman–Crippen LogP) is 6.05. The lowest BCUT2D eigenvalue weighted by Gasteiger charge is -2.47. The van der Waals surface area contributed by atoms with Gasteiger partial charge in [-0.15, -0.1) is 11.8 Å². The smallest absolute Gasteiger partial charge is 0.214 e. The molecule has 5 rings (SSSR count). The van der Waals surface area contributed by atoms with Crippen LogP contribution in [0.2, 0.25) is 0 Å². The van der Waals surface area contributed by atoms with Crippen LogP contribution >= 0.6 is 11.8 Å². The Morgan fingerprint density at radius 1 is 0.769 bits per heavy atom. The Morgan fingerprint density at radius 2 is 1.28 bits per heavy atom. The summed E-state index contributed by atoms with van der Waals surface area (Å²) in [7, 11) is 0. The van der Waals surface area contributed by atoms with Gasteiger partial charge in [0.1, 0.15) is 29.3 Å². The molecule has 0 spiro atoms. The molecule has 1 saturated heterocycles. The van der Waals surface area contributed by atoms with Crippen molar-refractivity contribution in [3.8, 4) is 0 Å². The average Bonchev–Trinajstić information content (AvgIpc) is 2.96. The van der Waals surface area contributed by atoms with E-state index in [0.29, 0.717) is 37.1 Å². The minimum absolute atomic E-state index is 0.0344. The van der Waals surface area contributed by atoms with E-state index in [2.05, 4.69) is 0 Å². The molecule has 0 saturated carbocycles. The van der Waals surface area contributed by atoms with E-state index in [1.54, 1.807) is 6.92 Å². The second-order valence-electron chi connectivity index (χ2n) is 9.71. The van der Waals surface area contributed by atoms with Crippen LogP contribution in [0.5, 0.6) is 0 Å². The number of allylic oxidation sites excluding steroid dienone is 2. The van der Waals surface area contributed by atoms with Gasteiger partial charge >= 0.3 is 0 Å². The summed E-state index contributed by atoms with van der Waals surface area (Å²) in [6.45, 7) is 4.92. The summed E-state index contributed by atoms with van der Waals surface area (Å²) in [6.07, 6.45) is -1.90. The first-order valence-electron chi connectivity index (χ1n) is 13.2. The molecule has 0 N–H and O–H groups in total. The van der Waals surface area contributed by atoms with Crippen molar-refractivity contribution >= 4 is 17.5 Å². The van der Waals surface area contributed by atoms with Crippen LogP contribution in [-0.4, -0.2) is 42.2 Å². The first-order valence-corrected chi connectivity index (χ1v) is 14.1. The average molecular weight is 547 g/mol. The van der Waals surface area contributed by atoms with E-state index in [4.69, 9.17) is 23.7 Å². The molecule has 6 nitrogen and oxygen atoms in total. The van der Waals surface area contributed by atoms with E-state index in [1.807, 2.05) is 97.9 Å².